The maximum Gasteiger partial charge on any atom is 0.248 e. The number of nitrogens with one attached hydrogen (secondary N) is 3. The number of hydrogen-bond acceptors (Lipinski definition) is 8. The van der Waals surface area contributed by atoms with Gasteiger partial charge in [0.15, 0.2) is 0 Å². The summed E-state index contributed by atoms with van der Waals surface area (Å²) in [5, 5.41) is 8.10. The fourth-order valence-electron chi connectivity index (χ4n) is 10.6. The number of likely N-dealkylation sites (tertiary alicyclic amines) is 1. The quantitative estimate of drug-likeness (QED) is 0.0387. The van der Waals surface area contributed by atoms with Crippen molar-refractivity contribution in [1.82, 2.24) is 20.5 Å². The number of rotatable bonds is 23. The average molecular weight is 926 g/mol. The molecule has 5 aromatic rings. The number of fused-ring (bicyclic) bond motifs is 1. The summed E-state index contributed by atoms with van der Waals surface area (Å²) in [4.78, 5) is 45.0. The number of carbonyl (C=O) groups excluding carboxylic acids is 2. The molecule has 0 spiro atoms. The van der Waals surface area contributed by atoms with Crippen LogP contribution in [0.1, 0.15) is 80.5 Å². The maximum absolute atomic E-state index is 13.5. The molecule has 2 aliphatic rings. The van der Waals surface area contributed by atoms with E-state index in [1.165, 1.54) is 0 Å². The van der Waals surface area contributed by atoms with Crippen LogP contribution in [0.3, 0.4) is 0 Å². The number of carbonyl (C=O) groups is 2. The van der Waals surface area contributed by atoms with E-state index in [0.717, 1.165) is 72.8 Å². The largest absolute Gasteiger partial charge is 0.487 e. The monoisotopic (exact) mass is 925 g/mol. The number of ether oxygens (including phenoxy) is 1. The maximum atomic E-state index is 13.5. The number of hydrogen-bond donors (Lipinski definition) is 4. The molecule has 11 nitrogen and oxygen atoms in total. The van der Waals surface area contributed by atoms with Gasteiger partial charge >= 0.3 is 0 Å². The Labute approximate surface area is 395 Å². The molecular weight excluding hydrogens is 859 g/mol. The van der Waals surface area contributed by atoms with Crippen LogP contribution in [0.25, 0.3) is 10.9 Å². The average Bonchev–Trinajstić information content (AvgIpc) is 3.81. The molecule has 4 radical (unpaired) electrons. The Bertz CT molecular complexity index is 2340. The number of primary amides is 1. The molecule has 2 unspecified atom stereocenters. The lowest BCUT2D eigenvalue weighted by Crippen LogP contribution is -2.49. The van der Waals surface area contributed by atoms with Crippen LogP contribution in [0, 0.1) is 23.2 Å². The Kier molecular flexibility index (Phi) is 17.2. The SMILES string of the molecule is C[Si]OC(O[Si]C)C(C)(C)[C@H](CNCC1CCCC(CNC(=O)CCN2CC[C@@H](C(C(N)=O)(c3ccccc3)c3ccccc3)C2)C1)c1ccc(OCc2ccccc2)c2[nH]c(=O)ccc12. The number of H-pyrrole nitrogens is 1. The van der Waals surface area contributed by atoms with E-state index in [4.69, 9.17) is 19.3 Å². The first kappa shape index (κ1) is 49.0. The molecule has 1 aromatic heterocycles. The molecule has 1 saturated heterocycles. The minimum absolute atomic E-state index is 0.0105. The van der Waals surface area contributed by atoms with Gasteiger partial charge in [-0.15, -0.1) is 0 Å². The number of aromatic nitrogens is 1. The first-order valence-corrected chi connectivity index (χ1v) is 26.4. The molecule has 1 aliphatic carbocycles. The van der Waals surface area contributed by atoms with Gasteiger partial charge in [-0.05, 0) is 104 Å². The second-order valence-electron chi connectivity index (χ2n) is 18.7. The predicted octanol–water partition coefficient (Wildman–Crippen LogP) is 7.61. The van der Waals surface area contributed by atoms with Gasteiger partial charge in [-0.3, -0.25) is 14.4 Å². The van der Waals surface area contributed by atoms with Crippen LogP contribution in [-0.2, 0) is 30.5 Å². The van der Waals surface area contributed by atoms with Gasteiger partial charge in [0.2, 0.25) is 36.9 Å². The summed E-state index contributed by atoms with van der Waals surface area (Å²) in [7, 11) is 0.532. The van der Waals surface area contributed by atoms with E-state index in [1.54, 1.807) is 6.07 Å². The van der Waals surface area contributed by atoms with Crippen molar-refractivity contribution >= 4 is 42.2 Å². The fraction of sp³-hybridized carbons (Fsp3) is 0.453. The van der Waals surface area contributed by atoms with Crippen LogP contribution in [0.15, 0.2) is 120 Å². The van der Waals surface area contributed by atoms with E-state index in [0.29, 0.717) is 62.3 Å². The van der Waals surface area contributed by atoms with Crippen molar-refractivity contribution in [3.8, 4) is 5.75 Å². The van der Waals surface area contributed by atoms with Crippen molar-refractivity contribution in [2.24, 2.45) is 28.9 Å². The highest BCUT2D eigenvalue weighted by Crippen LogP contribution is 2.45. The second-order valence-corrected chi connectivity index (χ2v) is 20.0. The van der Waals surface area contributed by atoms with Gasteiger partial charge in [0.05, 0.1) is 5.52 Å². The lowest BCUT2D eigenvalue weighted by molar-refractivity contribution is -0.124. The zero-order valence-corrected chi connectivity index (χ0v) is 41.0. The van der Waals surface area contributed by atoms with E-state index in [2.05, 4.69) is 40.4 Å². The Hall–Kier alpha value is -4.90. The summed E-state index contributed by atoms with van der Waals surface area (Å²) < 4.78 is 18.9. The molecule has 5 N–H and O–H groups in total. The summed E-state index contributed by atoms with van der Waals surface area (Å²) in [6.45, 7) is 13.2. The molecule has 4 atom stereocenters. The van der Waals surface area contributed by atoms with Crippen molar-refractivity contribution in [2.75, 3.05) is 39.3 Å². The van der Waals surface area contributed by atoms with Crippen molar-refractivity contribution in [3.05, 3.63) is 148 Å². The Morgan fingerprint density at radius 3 is 2.11 bits per heavy atom. The molecule has 0 bridgehead atoms. The molecule has 348 valence electrons. The summed E-state index contributed by atoms with van der Waals surface area (Å²) in [5.74, 6) is 1.20. The Morgan fingerprint density at radius 2 is 1.47 bits per heavy atom. The minimum Gasteiger partial charge on any atom is -0.487 e. The number of pyridine rings is 1. The number of nitrogens with two attached hydrogens (primary N) is 1. The van der Waals surface area contributed by atoms with Crippen molar-refractivity contribution in [1.29, 1.82) is 0 Å². The summed E-state index contributed by atoms with van der Waals surface area (Å²) in [6.07, 6.45) is 5.22. The van der Waals surface area contributed by atoms with E-state index in [1.807, 2.05) is 116 Å². The third-order valence-corrected chi connectivity index (χ3v) is 15.0. The molecule has 2 amide bonds. The third-order valence-electron chi connectivity index (χ3n) is 14.1. The lowest BCUT2D eigenvalue weighted by Gasteiger charge is -2.41. The molecule has 66 heavy (non-hydrogen) atoms. The van der Waals surface area contributed by atoms with E-state index < -0.39 is 17.1 Å². The van der Waals surface area contributed by atoms with Crippen LogP contribution in [0.2, 0.25) is 13.1 Å². The van der Waals surface area contributed by atoms with Crippen LogP contribution >= 0.6 is 0 Å². The fourth-order valence-corrected chi connectivity index (χ4v) is 11.8. The summed E-state index contributed by atoms with van der Waals surface area (Å²) in [6, 6.07) is 37.5. The molecular formula is C53H67N5O6Si2. The summed E-state index contributed by atoms with van der Waals surface area (Å²) in [5.41, 5.74) is 9.40. The van der Waals surface area contributed by atoms with Crippen LogP contribution in [0.5, 0.6) is 5.75 Å². The Balaban J connectivity index is 0.957. The highest BCUT2D eigenvalue weighted by Gasteiger charge is 2.49. The van der Waals surface area contributed by atoms with Crippen LogP contribution in [-0.4, -0.2) is 86.8 Å². The van der Waals surface area contributed by atoms with Crippen LogP contribution < -0.4 is 26.7 Å². The van der Waals surface area contributed by atoms with E-state index in [9.17, 15) is 14.4 Å². The number of benzene rings is 4. The second kappa shape index (κ2) is 23.2. The first-order valence-electron chi connectivity index (χ1n) is 23.6. The first-order chi connectivity index (χ1) is 32.0. The van der Waals surface area contributed by atoms with Gasteiger partial charge in [0.25, 0.3) is 0 Å². The Morgan fingerprint density at radius 1 is 0.833 bits per heavy atom. The highest BCUT2D eigenvalue weighted by atomic mass is 28.2. The predicted molar refractivity (Wildman–Crippen MR) is 264 cm³/mol. The number of nitrogens with zero attached hydrogens (tertiary/aromatic N) is 1. The van der Waals surface area contributed by atoms with E-state index in [-0.39, 0.29) is 48.7 Å². The molecule has 7 rings (SSSR count). The lowest BCUT2D eigenvalue weighted by atomic mass is 9.64. The molecule has 2 fully saturated rings. The molecule has 2 heterocycles. The molecule has 1 saturated carbocycles. The smallest absolute Gasteiger partial charge is 0.248 e. The van der Waals surface area contributed by atoms with E-state index >= 15 is 0 Å². The zero-order valence-electron chi connectivity index (χ0n) is 39.0. The molecule has 4 aromatic carbocycles. The topological polar surface area (TPSA) is 148 Å². The zero-order chi connectivity index (χ0) is 46.5. The molecule has 13 heteroatoms. The highest BCUT2D eigenvalue weighted by molar-refractivity contribution is 6.26. The van der Waals surface area contributed by atoms with Crippen molar-refractivity contribution < 1.29 is 23.2 Å². The standard InChI is InChI=1S/C53H67N5O6Si2/c1-52(2,51(63-65-3)64-66-4)45(43-23-25-46(49-44(43)24-26-48(60)57-49)62-36-37-15-8-5-9-16-37)34-55-32-38-17-14-18-39(31-38)33-56-47(59)28-30-58-29-27-42(35-58)53(50(54)61,40-19-10-6-11-20-40)41-21-12-7-13-22-41/h5-13,15-16,19-26,38-39,42,45,51,55H,14,17-18,27-36H2,1-4H3,(H2,54,61)(H,56,59)(H,57,60)/t38?,39?,42-,45-/m1/s1. The number of aromatic amines is 1. The van der Waals surface area contributed by atoms with Gasteiger partial charge in [0, 0.05) is 55.4 Å². The van der Waals surface area contributed by atoms with Gasteiger partial charge in [-0.25, -0.2) is 0 Å². The minimum atomic E-state index is -0.946. The molecule has 1 aliphatic heterocycles. The van der Waals surface area contributed by atoms with Gasteiger partial charge in [-0.2, -0.15) is 0 Å². The van der Waals surface area contributed by atoms with Gasteiger partial charge in [-0.1, -0.05) is 117 Å². The summed E-state index contributed by atoms with van der Waals surface area (Å²) >= 11 is 0. The third kappa shape index (κ3) is 11.6. The normalized spacial score (nSPS) is 18.7. The van der Waals surface area contributed by atoms with Gasteiger partial charge in [0.1, 0.15) is 24.1 Å². The van der Waals surface area contributed by atoms with Crippen molar-refractivity contribution in [3.63, 3.8) is 0 Å². The van der Waals surface area contributed by atoms with Crippen LogP contribution in [0.4, 0.5) is 0 Å². The van der Waals surface area contributed by atoms with Crippen molar-refractivity contribution in [2.45, 2.75) is 89.7 Å². The van der Waals surface area contributed by atoms with Gasteiger partial charge < -0.3 is 39.8 Å². The number of amides is 2.